The average molecular weight is 283 g/mol. The van der Waals surface area contributed by atoms with Crippen LogP contribution in [0.2, 0.25) is 0 Å². The first kappa shape index (κ1) is 11.9. The molecule has 0 aromatic carbocycles. The maximum absolute atomic E-state index is 4.24. The molecule has 88 valence electrons. The Kier molecular flexibility index (Phi) is 3.53. The van der Waals surface area contributed by atoms with Crippen LogP contribution in [0.4, 0.5) is 5.69 Å². The van der Waals surface area contributed by atoms with Crippen molar-refractivity contribution in [1.29, 1.82) is 0 Å². The summed E-state index contributed by atoms with van der Waals surface area (Å²) in [6, 6.07) is 2.16. The third-order valence-electron chi connectivity index (χ3n) is 3.40. The highest BCUT2D eigenvalue weighted by Crippen LogP contribution is 2.31. The zero-order valence-electron chi connectivity index (χ0n) is 10.0. The topological polar surface area (TPSA) is 16.1 Å². The molecule has 0 amide bonds. The van der Waals surface area contributed by atoms with Crippen LogP contribution in [-0.2, 0) is 0 Å². The fraction of sp³-hybridized carbons (Fsp3) is 0.615. The number of anilines is 1. The molecule has 0 N–H and O–H groups in total. The van der Waals surface area contributed by atoms with E-state index in [9.17, 15) is 0 Å². The largest absolute Gasteiger partial charge is 0.370 e. The van der Waals surface area contributed by atoms with Gasteiger partial charge in [0, 0.05) is 23.8 Å². The Labute approximate surface area is 106 Å². The molecule has 1 aliphatic heterocycles. The van der Waals surface area contributed by atoms with E-state index in [-0.39, 0.29) is 0 Å². The van der Waals surface area contributed by atoms with Gasteiger partial charge >= 0.3 is 0 Å². The van der Waals surface area contributed by atoms with Crippen molar-refractivity contribution in [3.8, 4) is 0 Å². The third kappa shape index (κ3) is 2.97. The van der Waals surface area contributed by atoms with Crippen molar-refractivity contribution >= 4 is 21.6 Å². The minimum atomic E-state index is 0.494. The van der Waals surface area contributed by atoms with Crippen LogP contribution in [-0.4, -0.2) is 18.1 Å². The Morgan fingerprint density at radius 3 is 2.81 bits per heavy atom. The van der Waals surface area contributed by atoms with E-state index in [0.717, 1.165) is 17.6 Å². The minimum absolute atomic E-state index is 0.494. The van der Waals surface area contributed by atoms with Crippen LogP contribution in [0.1, 0.15) is 33.1 Å². The molecule has 0 spiro atoms. The van der Waals surface area contributed by atoms with Gasteiger partial charge in [-0.2, -0.15) is 0 Å². The highest BCUT2D eigenvalue weighted by Gasteiger charge is 2.23. The van der Waals surface area contributed by atoms with Crippen molar-refractivity contribution in [1.82, 2.24) is 4.98 Å². The first-order chi connectivity index (χ1) is 7.57. The van der Waals surface area contributed by atoms with E-state index in [4.69, 9.17) is 0 Å². The zero-order valence-corrected chi connectivity index (χ0v) is 11.6. The highest BCUT2D eigenvalue weighted by atomic mass is 79.9. The quantitative estimate of drug-likeness (QED) is 0.778. The summed E-state index contributed by atoms with van der Waals surface area (Å²) in [5.74, 6) is 0. The molecule has 2 rings (SSSR count). The van der Waals surface area contributed by atoms with Gasteiger partial charge in [-0.15, -0.1) is 0 Å². The Morgan fingerprint density at radius 2 is 2.06 bits per heavy atom. The van der Waals surface area contributed by atoms with Gasteiger partial charge in [0.1, 0.15) is 0 Å². The number of rotatable bonds is 1. The summed E-state index contributed by atoms with van der Waals surface area (Å²) in [4.78, 5) is 6.69. The molecule has 3 heteroatoms. The van der Waals surface area contributed by atoms with Crippen LogP contribution in [0.3, 0.4) is 0 Å². The molecule has 0 unspecified atom stereocenters. The summed E-state index contributed by atoms with van der Waals surface area (Å²) >= 11 is 3.48. The van der Waals surface area contributed by atoms with Crippen LogP contribution in [0.25, 0.3) is 0 Å². The Hall–Kier alpha value is -0.570. The van der Waals surface area contributed by atoms with Gasteiger partial charge in [0.25, 0.3) is 0 Å². The van der Waals surface area contributed by atoms with Gasteiger partial charge in [0.15, 0.2) is 0 Å². The van der Waals surface area contributed by atoms with Crippen molar-refractivity contribution < 1.29 is 0 Å². The molecule has 0 bridgehead atoms. The smallest absolute Gasteiger partial charge is 0.0564 e. The van der Waals surface area contributed by atoms with Crippen LogP contribution in [0.5, 0.6) is 0 Å². The zero-order chi connectivity index (χ0) is 11.6. The predicted molar refractivity (Wildman–Crippen MR) is 71.8 cm³/mol. The number of pyridine rings is 1. The Bertz CT molecular complexity index is 363. The van der Waals surface area contributed by atoms with Gasteiger partial charge in [-0.3, -0.25) is 4.98 Å². The lowest BCUT2D eigenvalue weighted by Crippen LogP contribution is -2.25. The SMILES string of the molecule is CC1(C)CCCN(c2cncc(Br)c2)CC1. The van der Waals surface area contributed by atoms with Gasteiger partial charge in [0.2, 0.25) is 0 Å². The Morgan fingerprint density at radius 1 is 1.25 bits per heavy atom. The van der Waals surface area contributed by atoms with Gasteiger partial charge in [-0.05, 0) is 46.7 Å². The molecule has 2 heterocycles. The summed E-state index contributed by atoms with van der Waals surface area (Å²) in [6.07, 6.45) is 7.66. The molecule has 0 aliphatic carbocycles. The molecule has 1 aliphatic rings. The van der Waals surface area contributed by atoms with Gasteiger partial charge in [-0.1, -0.05) is 13.8 Å². The second kappa shape index (κ2) is 4.74. The van der Waals surface area contributed by atoms with E-state index in [1.807, 2.05) is 12.4 Å². The lowest BCUT2D eigenvalue weighted by molar-refractivity contribution is 0.325. The lowest BCUT2D eigenvalue weighted by atomic mass is 9.85. The summed E-state index contributed by atoms with van der Waals surface area (Å²) in [5.41, 5.74) is 1.74. The Balaban J connectivity index is 2.11. The molecule has 1 aromatic rings. The summed E-state index contributed by atoms with van der Waals surface area (Å²) in [6.45, 7) is 7.04. The van der Waals surface area contributed by atoms with Crippen molar-refractivity contribution in [3.05, 3.63) is 22.9 Å². The normalized spacial score (nSPS) is 20.6. The lowest BCUT2D eigenvalue weighted by Gasteiger charge is -2.24. The number of aromatic nitrogens is 1. The monoisotopic (exact) mass is 282 g/mol. The first-order valence-corrected chi connectivity index (χ1v) is 6.72. The van der Waals surface area contributed by atoms with Gasteiger partial charge in [0.05, 0.1) is 11.9 Å². The van der Waals surface area contributed by atoms with E-state index in [2.05, 4.69) is 45.7 Å². The molecule has 1 saturated heterocycles. The van der Waals surface area contributed by atoms with E-state index >= 15 is 0 Å². The van der Waals surface area contributed by atoms with Crippen LogP contribution >= 0.6 is 15.9 Å². The number of nitrogens with zero attached hydrogens (tertiary/aromatic N) is 2. The van der Waals surface area contributed by atoms with E-state index in [1.54, 1.807) is 0 Å². The summed E-state index contributed by atoms with van der Waals surface area (Å²) < 4.78 is 1.06. The van der Waals surface area contributed by atoms with Crippen LogP contribution in [0, 0.1) is 5.41 Å². The average Bonchev–Trinajstić information content (AvgIpc) is 2.39. The maximum Gasteiger partial charge on any atom is 0.0564 e. The van der Waals surface area contributed by atoms with Crippen LogP contribution < -0.4 is 4.90 Å². The first-order valence-electron chi connectivity index (χ1n) is 5.92. The molecule has 2 nitrogen and oxygen atoms in total. The molecule has 16 heavy (non-hydrogen) atoms. The maximum atomic E-state index is 4.24. The summed E-state index contributed by atoms with van der Waals surface area (Å²) in [7, 11) is 0. The van der Waals surface area contributed by atoms with Gasteiger partial charge in [-0.25, -0.2) is 0 Å². The molecular formula is C13H19BrN2. The number of hydrogen-bond acceptors (Lipinski definition) is 2. The number of hydrogen-bond donors (Lipinski definition) is 0. The fourth-order valence-electron chi connectivity index (χ4n) is 2.25. The van der Waals surface area contributed by atoms with Crippen molar-refractivity contribution in [2.75, 3.05) is 18.0 Å². The molecular weight excluding hydrogens is 264 g/mol. The van der Waals surface area contributed by atoms with Gasteiger partial charge < -0.3 is 4.90 Å². The predicted octanol–water partition coefficient (Wildman–Crippen LogP) is 3.86. The molecule has 0 atom stereocenters. The van der Waals surface area contributed by atoms with E-state index in [0.29, 0.717) is 5.41 Å². The number of halogens is 1. The second-order valence-electron chi connectivity index (χ2n) is 5.37. The van der Waals surface area contributed by atoms with E-state index in [1.165, 1.54) is 24.9 Å². The van der Waals surface area contributed by atoms with E-state index < -0.39 is 0 Å². The van der Waals surface area contributed by atoms with Crippen molar-refractivity contribution in [2.24, 2.45) is 5.41 Å². The summed E-state index contributed by atoms with van der Waals surface area (Å²) in [5, 5.41) is 0. The van der Waals surface area contributed by atoms with Crippen molar-refractivity contribution in [2.45, 2.75) is 33.1 Å². The second-order valence-corrected chi connectivity index (χ2v) is 6.28. The van der Waals surface area contributed by atoms with Crippen molar-refractivity contribution in [3.63, 3.8) is 0 Å². The van der Waals surface area contributed by atoms with Crippen LogP contribution in [0.15, 0.2) is 22.9 Å². The molecule has 1 fully saturated rings. The molecule has 0 radical (unpaired) electrons. The third-order valence-corrected chi connectivity index (χ3v) is 3.83. The minimum Gasteiger partial charge on any atom is -0.370 e. The fourth-order valence-corrected chi connectivity index (χ4v) is 2.61. The molecule has 1 aromatic heterocycles. The standard InChI is InChI=1S/C13H19BrN2/c1-13(2)4-3-6-16(7-5-13)12-8-11(14)9-15-10-12/h8-10H,3-7H2,1-2H3. The molecule has 0 saturated carbocycles. The highest BCUT2D eigenvalue weighted by molar-refractivity contribution is 9.10.